The van der Waals surface area contributed by atoms with Crippen molar-refractivity contribution < 1.29 is 4.79 Å². The number of nitrogens with one attached hydrogen (secondary N) is 2. The third kappa shape index (κ3) is 5.82. The molecular weight excluding hydrogens is 224 g/mol. The first-order valence-corrected chi connectivity index (χ1v) is 6.79. The lowest BCUT2D eigenvalue weighted by Crippen LogP contribution is -2.43. The Labute approximate surface area is 110 Å². The molecule has 1 unspecified atom stereocenters. The number of benzene rings is 1. The number of amides is 1. The number of rotatable bonds is 8. The van der Waals surface area contributed by atoms with Gasteiger partial charge in [-0.15, -0.1) is 0 Å². The summed E-state index contributed by atoms with van der Waals surface area (Å²) < 4.78 is 0. The van der Waals surface area contributed by atoms with E-state index in [9.17, 15) is 4.79 Å². The first-order valence-electron chi connectivity index (χ1n) is 6.79. The zero-order valence-electron chi connectivity index (χ0n) is 11.4. The Morgan fingerprint density at radius 1 is 1.22 bits per heavy atom. The van der Waals surface area contributed by atoms with Gasteiger partial charge in [0.2, 0.25) is 5.91 Å². The van der Waals surface area contributed by atoms with Crippen LogP contribution in [-0.4, -0.2) is 25.0 Å². The molecule has 100 valence electrons. The number of hydrogen-bond donors (Lipinski definition) is 2. The second-order valence-electron chi connectivity index (χ2n) is 4.56. The van der Waals surface area contributed by atoms with Crippen LogP contribution >= 0.6 is 0 Å². The quantitative estimate of drug-likeness (QED) is 0.692. The van der Waals surface area contributed by atoms with Gasteiger partial charge in [0.25, 0.3) is 0 Å². The first kappa shape index (κ1) is 14.7. The molecular formula is C15H24N2O. The Morgan fingerprint density at radius 3 is 2.61 bits per heavy atom. The molecule has 2 N–H and O–H groups in total. The van der Waals surface area contributed by atoms with E-state index >= 15 is 0 Å². The maximum atomic E-state index is 11.7. The minimum Gasteiger partial charge on any atom is -0.355 e. The SMILES string of the molecule is CCCCNC(=O)C(C)NCCc1ccccc1. The van der Waals surface area contributed by atoms with Gasteiger partial charge in [0.1, 0.15) is 0 Å². The molecule has 0 radical (unpaired) electrons. The summed E-state index contributed by atoms with van der Waals surface area (Å²) in [5, 5.41) is 6.18. The Kier molecular flexibility index (Phi) is 7.11. The van der Waals surface area contributed by atoms with Crippen LogP contribution in [0.5, 0.6) is 0 Å². The largest absolute Gasteiger partial charge is 0.355 e. The van der Waals surface area contributed by atoms with Gasteiger partial charge in [-0.05, 0) is 31.9 Å². The Balaban J connectivity index is 2.16. The normalized spacial score (nSPS) is 12.1. The highest BCUT2D eigenvalue weighted by Gasteiger charge is 2.10. The van der Waals surface area contributed by atoms with Gasteiger partial charge in [0.05, 0.1) is 6.04 Å². The highest BCUT2D eigenvalue weighted by molar-refractivity contribution is 5.81. The van der Waals surface area contributed by atoms with Crippen LogP contribution in [0.1, 0.15) is 32.3 Å². The van der Waals surface area contributed by atoms with E-state index in [0.717, 1.165) is 32.4 Å². The number of carbonyl (C=O) groups is 1. The lowest BCUT2D eigenvalue weighted by molar-refractivity contribution is -0.122. The summed E-state index contributed by atoms with van der Waals surface area (Å²) in [6.07, 6.45) is 3.10. The molecule has 0 aliphatic heterocycles. The summed E-state index contributed by atoms with van der Waals surface area (Å²) >= 11 is 0. The monoisotopic (exact) mass is 248 g/mol. The molecule has 0 aliphatic rings. The van der Waals surface area contributed by atoms with Gasteiger partial charge in [0.15, 0.2) is 0 Å². The van der Waals surface area contributed by atoms with Crippen LogP contribution < -0.4 is 10.6 Å². The fourth-order valence-electron chi connectivity index (χ4n) is 1.71. The van der Waals surface area contributed by atoms with E-state index in [0.29, 0.717) is 0 Å². The van der Waals surface area contributed by atoms with Crippen LogP contribution in [0.25, 0.3) is 0 Å². The van der Waals surface area contributed by atoms with E-state index in [2.05, 4.69) is 29.7 Å². The third-order valence-corrected chi connectivity index (χ3v) is 2.93. The van der Waals surface area contributed by atoms with Crippen molar-refractivity contribution in [3.05, 3.63) is 35.9 Å². The Hall–Kier alpha value is -1.35. The van der Waals surface area contributed by atoms with E-state index in [1.807, 2.05) is 25.1 Å². The number of carbonyl (C=O) groups excluding carboxylic acids is 1. The Bertz CT molecular complexity index is 338. The topological polar surface area (TPSA) is 41.1 Å². The predicted octanol–water partition coefficient (Wildman–Crippen LogP) is 2.12. The Morgan fingerprint density at radius 2 is 1.94 bits per heavy atom. The average molecular weight is 248 g/mol. The molecule has 1 aromatic carbocycles. The zero-order chi connectivity index (χ0) is 13.2. The van der Waals surface area contributed by atoms with Gasteiger partial charge in [-0.25, -0.2) is 0 Å². The molecule has 0 bridgehead atoms. The van der Waals surface area contributed by atoms with Crippen LogP contribution in [-0.2, 0) is 11.2 Å². The molecule has 1 rings (SSSR count). The van der Waals surface area contributed by atoms with Crippen LogP contribution in [0, 0.1) is 0 Å². The van der Waals surface area contributed by atoms with Crippen LogP contribution in [0.2, 0.25) is 0 Å². The highest BCUT2D eigenvalue weighted by Crippen LogP contribution is 1.98. The van der Waals surface area contributed by atoms with Crippen molar-refractivity contribution in [1.82, 2.24) is 10.6 Å². The van der Waals surface area contributed by atoms with Crippen molar-refractivity contribution in [3.63, 3.8) is 0 Å². The van der Waals surface area contributed by atoms with Crippen molar-refractivity contribution in [2.45, 2.75) is 39.2 Å². The van der Waals surface area contributed by atoms with E-state index in [-0.39, 0.29) is 11.9 Å². The maximum Gasteiger partial charge on any atom is 0.236 e. The van der Waals surface area contributed by atoms with Gasteiger partial charge in [0, 0.05) is 6.54 Å². The minimum absolute atomic E-state index is 0.0940. The molecule has 18 heavy (non-hydrogen) atoms. The summed E-state index contributed by atoms with van der Waals surface area (Å²) in [6.45, 7) is 5.63. The van der Waals surface area contributed by atoms with E-state index < -0.39 is 0 Å². The molecule has 0 saturated heterocycles. The van der Waals surface area contributed by atoms with Crippen molar-refractivity contribution in [2.24, 2.45) is 0 Å². The molecule has 3 heteroatoms. The van der Waals surface area contributed by atoms with Gasteiger partial charge in [-0.1, -0.05) is 43.7 Å². The molecule has 0 aliphatic carbocycles. The van der Waals surface area contributed by atoms with Crippen molar-refractivity contribution in [1.29, 1.82) is 0 Å². The zero-order valence-corrected chi connectivity index (χ0v) is 11.4. The number of hydrogen-bond acceptors (Lipinski definition) is 2. The molecule has 1 atom stereocenters. The van der Waals surface area contributed by atoms with Gasteiger partial charge < -0.3 is 10.6 Å². The van der Waals surface area contributed by atoms with Crippen LogP contribution in [0.4, 0.5) is 0 Å². The van der Waals surface area contributed by atoms with E-state index in [4.69, 9.17) is 0 Å². The second kappa shape index (κ2) is 8.70. The molecule has 0 heterocycles. The lowest BCUT2D eigenvalue weighted by atomic mass is 10.1. The van der Waals surface area contributed by atoms with Gasteiger partial charge in [-0.2, -0.15) is 0 Å². The summed E-state index contributed by atoms with van der Waals surface area (Å²) in [6, 6.07) is 10.2. The van der Waals surface area contributed by atoms with Gasteiger partial charge >= 0.3 is 0 Å². The number of unbranched alkanes of at least 4 members (excludes halogenated alkanes) is 1. The van der Waals surface area contributed by atoms with Crippen molar-refractivity contribution in [3.8, 4) is 0 Å². The minimum atomic E-state index is -0.120. The van der Waals surface area contributed by atoms with E-state index in [1.54, 1.807) is 0 Å². The van der Waals surface area contributed by atoms with Crippen molar-refractivity contribution >= 4 is 5.91 Å². The van der Waals surface area contributed by atoms with Crippen LogP contribution in [0.3, 0.4) is 0 Å². The molecule has 3 nitrogen and oxygen atoms in total. The fraction of sp³-hybridized carbons (Fsp3) is 0.533. The molecule has 0 fully saturated rings. The van der Waals surface area contributed by atoms with Gasteiger partial charge in [-0.3, -0.25) is 4.79 Å². The van der Waals surface area contributed by atoms with E-state index in [1.165, 1.54) is 5.56 Å². The molecule has 1 amide bonds. The highest BCUT2D eigenvalue weighted by atomic mass is 16.2. The second-order valence-corrected chi connectivity index (χ2v) is 4.56. The maximum absolute atomic E-state index is 11.7. The predicted molar refractivity (Wildman–Crippen MR) is 75.5 cm³/mol. The summed E-state index contributed by atoms with van der Waals surface area (Å²) in [4.78, 5) is 11.7. The average Bonchev–Trinajstić information content (AvgIpc) is 2.40. The molecule has 0 saturated carbocycles. The third-order valence-electron chi connectivity index (χ3n) is 2.93. The van der Waals surface area contributed by atoms with Crippen molar-refractivity contribution in [2.75, 3.05) is 13.1 Å². The standard InChI is InChI=1S/C15H24N2O/c1-3-4-11-17-15(18)13(2)16-12-10-14-8-6-5-7-9-14/h5-9,13,16H,3-4,10-12H2,1-2H3,(H,17,18). The lowest BCUT2D eigenvalue weighted by Gasteiger charge is -2.13. The summed E-state index contributed by atoms with van der Waals surface area (Å²) in [5.41, 5.74) is 1.29. The molecule has 1 aromatic rings. The molecule has 0 spiro atoms. The van der Waals surface area contributed by atoms with Crippen LogP contribution in [0.15, 0.2) is 30.3 Å². The molecule has 0 aromatic heterocycles. The summed E-state index contributed by atoms with van der Waals surface area (Å²) in [5.74, 6) is 0.0940. The smallest absolute Gasteiger partial charge is 0.236 e. The summed E-state index contributed by atoms with van der Waals surface area (Å²) in [7, 11) is 0. The first-order chi connectivity index (χ1) is 8.74. The fourth-order valence-corrected chi connectivity index (χ4v) is 1.71.